The molecule has 0 saturated carbocycles. The Morgan fingerprint density at radius 1 is 1.15 bits per heavy atom. The Morgan fingerprint density at radius 2 is 1.70 bits per heavy atom. The topological polar surface area (TPSA) is 26.0 Å². The SMILES string of the molecule is Cc1cc(C)c(C(N)c2ccc(Br)c(Cl)c2F)c(C)c1. The highest BCUT2D eigenvalue weighted by Gasteiger charge is 2.20. The minimum atomic E-state index is -0.527. The highest BCUT2D eigenvalue weighted by Crippen LogP contribution is 2.34. The lowest BCUT2D eigenvalue weighted by Gasteiger charge is -2.20. The third-order valence-corrected chi connectivity index (χ3v) is 4.71. The Labute approximate surface area is 132 Å². The highest BCUT2D eigenvalue weighted by molar-refractivity contribution is 9.10. The minimum Gasteiger partial charge on any atom is -0.320 e. The second-order valence-electron chi connectivity index (χ2n) is 5.05. The fraction of sp³-hybridized carbons (Fsp3) is 0.250. The molecular formula is C16H16BrClFN. The molecule has 4 heteroatoms. The van der Waals surface area contributed by atoms with E-state index in [0.29, 0.717) is 10.0 Å². The van der Waals surface area contributed by atoms with Crippen LogP contribution in [-0.4, -0.2) is 0 Å². The number of hydrogen-bond donors (Lipinski definition) is 1. The molecule has 1 atom stereocenters. The smallest absolute Gasteiger partial charge is 0.148 e. The molecule has 0 bridgehead atoms. The van der Waals surface area contributed by atoms with E-state index in [4.69, 9.17) is 17.3 Å². The Morgan fingerprint density at radius 3 is 2.25 bits per heavy atom. The summed E-state index contributed by atoms with van der Waals surface area (Å²) in [5.74, 6) is -0.465. The molecule has 2 aromatic carbocycles. The second-order valence-corrected chi connectivity index (χ2v) is 6.29. The zero-order valence-electron chi connectivity index (χ0n) is 11.6. The van der Waals surface area contributed by atoms with Gasteiger partial charge in [-0.3, -0.25) is 0 Å². The molecule has 0 aliphatic heterocycles. The third-order valence-electron chi connectivity index (χ3n) is 3.45. The summed E-state index contributed by atoms with van der Waals surface area (Å²) in [5, 5.41) is 0.0698. The molecule has 106 valence electrons. The van der Waals surface area contributed by atoms with Crippen molar-refractivity contribution in [3.05, 3.63) is 67.4 Å². The van der Waals surface area contributed by atoms with Gasteiger partial charge in [-0.05, 0) is 59.5 Å². The fourth-order valence-electron chi connectivity index (χ4n) is 2.62. The Kier molecular flexibility index (Phi) is 4.52. The molecule has 0 radical (unpaired) electrons. The van der Waals surface area contributed by atoms with Gasteiger partial charge in [0, 0.05) is 10.0 Å². The average molecular weight is 357 g/mol. The van der Waals surface area contributed by atoms with Crippen molar-refractivity contribution in [2.24, 2.45) is 5.73 Å². The molecule has 20 heavy (non-hydrogen) atoms. The molecule has 2 aromatic rings. The number of hydrogen-bond acceptors (Lipinski definition) is 1. The average Bonchev–Trinajstić information content (AvgIpc) is 2.34. The molecule has 0 saturated heterocycles. The van der Waals surface area contributed by atoms with Gasteiger partial charge >= 0.3 is 0 Å². The monoisotopic (exact) mass is 355 g/mol. The van der Waals surface area contributed by atoms with Gasteiger partial charge in [0.05, 0.1) is 11.1 Å². The Hall–Kier alpha value is -0.900. The molecule has 0 amide bonds. The van der Waals surface area contributed by atoms with Crippen molar-refractivity contribution in [3.63, 3.8) is 0 Å². The maximum absolute atomic E-state index is 14.3. The van der Waals surface area contributed by atoms with Crippen LogP contribution in [0.1, 0.15) is 33.9 Å². The van der Waals surface area contributed by atoms with Gasteiger partial charge in [-0.1, -0.05) is 35.4 Å². The predicted molar refractivity (Wildman–Crippen MR) is 85.8 cm³/mol. The summed E-state index contributed by atoms with van der Waals surface area (Å²) in [4.78, 5) is 0. The fourth-order valence-corrected chi connectivity index (χ4v) is 3.10. The van der Waals surface area contributed by atoms with E-state index in [1.165, 1.54) is 5.56 Å². The first-order valence-corrected chi connectivity index (χ1v) is 7.46. The van der Waals surface area contributed by atoms with Crippen LogP contribution < -0.4 is 5.73 Å². The summed E-state index contributed by atoms with van der Waals surface area (Å²) in [7, 11) is 0. The highest BCUT2D eigenvalue weighted by atomic mass is 79.9. The molecule has 0 aliphatic carbocycles. The Bertz CT molecular complexity index is 647. The molecule has 2 N–H and O–H groups in total. The molecule has 2 rings (SSSR count). The summed E-state index contributed by atoms with van der Waals surface area (Å²) in [6.45, 7) is 6.02. The summed E-state index contributed by atoms with van der Waals surface area (Å²) in [6, 6.07) is 6.98. The lowest BCUT2D eigenvalue weighted by Crippen LogP contribution is -2.17. The third kappa shape index (κ3) is 2.76. The Balaban J connectivity index is 2.58. The molecule has 1 nitrogen and oxygen atoms in total. The van der Waals surface area contributed by atoms with Gasteiger partial charge in [-0.15, -0.1) is 0 Å². The van der Waals surface area contributed by atoms with Gasteiger partial charge < -0.3 is 5.73 Å². The van der Waals surface area contributed by atoms with Crippen LogP contribution in [-0.2, 0) is 0 Å². The molecule has 0 aromatic heterocycles. The van der Waals surface area contributed by atoms with Crippen LogP contribution in [0, 0.1) is 26.6 Å². The first-order valence-electron chi connectivity index (χ1n) is 6.29. The van der Waals surface area contributed by atoms with E-state index in [1.807, 2.05) is 20.8 Å². The van der Waals surface area contributed by atoms with Crippen LogP contribution in [0.5, 0.6) is 0 Å². The predicted octanol–water partition coefficient (Wildman–Crippen LogP) is 5.21. The van der Waals surface area contributed by atoms with Crippen LogP contribution >= 0.6 is 27.5 Å². The van der Waals surface area contributed by atoms with Crippen molar-refractivity contribution in [3.8, 4) is 0 Å². The summed E-state index contributed by atoms with van der Waals surface area (Å²) in [5.41, 5.74) is 10.9. The largest absolute Gasteiger partial charge is 0.320 e. The van der Waals surface area contributed by atoms with Gasteiger partial charge in [-0.2, -0.15) is 0 Å². The molecule has 0 spiro atoms. The maximum atomic E-state index is 14.3. The van der Waals surface area contributed by atoms with E-state index < -0.39 is 11.9 Å². The van der Waals surface area contributed by atoms with E-state index in [0.717, 1.165) is 16.7 Å². The summed E-state index contributed by atoms with van der Waals surface area (Å²) >= 11 is 9.15. The number of benzene rings is 2. The van der Waals surface area contributed by atoms with Crippen molar-refractivity contribution in [2.45, 2.75) is 26.8 Å². The normalized spacial score (nSPS) is 12.6. The van der Waals surface area contributed by atoms with E-state index in [2.05, 4.69) is 28.1 Å². The van der Waals surface area contributed by atoms with Crippen LogP contribution in [0.15, 0.2) is 28.7 Å². The van der Waals surface area contributed by atoms with Crippen molar-refractivity contribution in [1.82, 2.24) is 0 Å². The molecular weight excluding hydrogens is 341 g/mol. The van der Waals surface area contributed by atoms with Crippen molar-refractivity contribution < 1.29 is 4.39 Å². The van der Waals surface area contributed by atoms with E-state index >= 15 is 0 Å². The van der Waals surface area contributed by atoms with Crippen molar-refractivity contribution in [2.75, 3.05) is 0 Å². The van der Waals surface area contributed by atoms with Crippen molar-refractivity contribution >= 4 is 27.5 Å². The quantitative estimate of drug-likeness (QED) is 0.734. The van der Waals surface area contributed by atoms with E-state index in [9.17, 15) is 4.39 Å². The molecule has 0 heterocycles. The van der Waals surface area contributed by atoms with Crippen LogP contribution in [0.4, 0.5) is 4.39 Å². The molecule has 0 fully saturated rings. The number of aryl methyl sites for hydroxylation is 3. The zero-order valence-corrected chi connectivity index (χ0v) is 13.9. The maximum Gasteiger partial charge on any atom is 0.148 e. The number of halogens is 3. The summed E-state index contributed by atoms with van der Waals surface area (Å²) < 4.78 is 14.8. The van der Waals surface area contributed by atoms with E-state index in [1.54, 1.807) is 12.1 Å². The van der Waals surface area contributed by atoms with Crippen LogP contribution in [0.3, 0.4) is 0 Å². The minimum absolute atomic E-state index is 0.0698. The van der Waals surface area contributed by atoms with Crippen LogP contribution in [0.25, 0.3) is 0 Å². The van der Waals surface area contributed by atoms with Crippen LogP contribution in [0.2, 0.25) is 5.02 Å². The first-order chi connectivity index (χ1) is 9.32. The summed E-state index contributed by atoms with van der Waals surface area (Å²) in [6.07, 6.45) is 0. The molecule has 1 unspecified atom stereocenters. The standard InChI is InChI=1S/C16H16BrClFN/c1-8-6-9(2)13(10(3)7-8)16(20)11-4-5-12(17)14(18)15(11)19/h4-7,16H,20H2,1-3H3. The lowest BCUT2D eigenvalue weighted by atomic mass is 9.90. The van der Waals surface area contributed by atoms with Gasteiger partial charge in [0.1, 0.15) is 5.82 Å². The second kappa shape index (κ2) is 5.84. The van der Waals surface area contributed by atoms with Gasteiger partial charge in [-0.25, -0.2) is 4.39 Å². The van der Waals surface area contributed by atoms with Gasteiger partial charge in [0.15, 0.2) is 0 Å². The van der Waals surface area contributed by atoms with Gasteiger partial charge in [0.2, 0.25) is 0 Å². The van der Waals surface area contributed by atoms with E-state index in [-0.39, 0.29) is 5.02 Å². The number of nitrogens with two attached hydrogens (primary N) is 1. The molecule has 0 aliphatic rings. The first kappa shape index (κ1) is 15.5. The zero-order chi connectivity index (χ0) is 15.0. The van der Waals surface area contributed by atoms with Crippen molar-refractivity contribution in [1.29, 1.82) is 0 Å². The number of rotatable bonds is 2. The lowest BCUT2D eigenvalue weighted by molar-refractivity contribution is 0.598. The van der Waals surface area contributed by atoms with Gasteiger partial charge in [0.25, 0.3) is 0 Å².